The molecular formula is C33H27FN2O7. The molecule has 2 aliphatic heterocycles. The van der Waals surface area contributed by atoms with Crippen molar-refractivity contribution in [2.24, 2.45) is 5.92 Å². The SMILES string of the molecule is CCOc1ccc(N2C(=O)[C@H]3[C@H](ON(c4ccccc4)[C@H]3c3ccc(OC(=O)c4ccc(F)cc4)c(OC)c3)C2=O)cc1. The highest BCUT2D eigenvalue weighted by molar-refractivity contribution is 6.24. The maximum absolute atomic E-state index is 14.0. The third-order valence-corrected chi connectivity index (χ3v) is 7.34. The molecule has 10 heteroatoms. The van der Waals surface area contributed by atoms with Crippen LogP contribution in [0.3, 0.4) is 0 Å². The van der Waals surface area contributed by atoms with Crippen molar-refractivity contribution < 1.29 is 37.8 Å². The number of rotatable bonds is 8. The normalized spacial score (nSPS) is 19.4. The van der Waals surface area contributed by atoms with Crippen LogP contribution in [0.5, 0.6) is 17.2 Å². The van der Waals surface area contributed by atoms with Crippen molar-refractivity contribution in [3.8, 4) is 17.2 Å². The maximum atomic E-state index is 14.0. The number of benzene rings is 4. The molecule has 2 fully saturated rings. The third kappa shape index (κ3) is 5.17. The minimum atomic E-state index is -1.06. The van der Waals surface area contributed by atoms with Gasteiger partial charge in [-0.25, -0.2) is 19.1 Å². The number of hydrogen-bond acceptors (Lipinski definition) is 8. The fourth-order valence-electron chi connectivity index (χ4n) is 5.36. The van der Waals surface area contributed by atoms with Crippen LogP contribution < -0.4 is 24.2 Å². The number of halogens is 1. The minimum Gasteiger partial charge on any atom is -0.494 e. The second-order valence-electron chi connectivity index (χ2n) is 9.90. The summed E-state index contributed by atoms with van der Waals surface area (Å²) in [7, 11) is 1.43. The Bertz CT molecular complexity index is 1660. The van der Waals surface area contributed by atoms with Crippen molar-refractivity contribution in [1.29, 1.82) is 0 Å². The number of esters is 1. The van der Waals surface area contributed by atoms with Gasteiger partial charge in [0.2, 0.25) is 5.91 Å². The fraction of sp³-hybridized carbons (Fsp3) is 0.182. The predicted molar refractivity (Wildman–Crippen MR) is 154 cm³/mol. The lowest BCUT2D eigenvalue weighted by atomic mass is 9.90. The lowest BCUT2D eigenvalue weighted by Gasteiger charge is -2.29. The number of nitrogens with zero attached hydrogens (tertiary/aromatic N) is 2. The molecule has 0 saturated carbocycles. The molecule has 0 aromatic heterocycles. The minimum absolute atomic E-state index is 0.132. The van der Waals surface area contributed by atoms with Crippen LogP contribution >= 0.6 is 0 Å². The quantitative estimate of drug-likeness (QED) is 0.153. The van der Waals surface area contributed by atoms with Gasteiger partial charge in [0.15, 0.2) is 17.6 Å². The number of carbonyl (C=O) groups excluding carboxylic acids is 3. The van der Waals surface area contributed by atoms with Gasteiger partial charge in [0.05, 0.1) is 36.7 Å². The molecule has 2 amide bonds. The first-order valence-electron chi connectivity index (χ1n) is 13.7. The summed E-state index contributed by atoms with van der Waals surface area (Å²) in [4.78, 5) is 47.7. The molecule has 9 nitrogen and oxygen atoms in total. The summed E-state index contributed by atoms with van der Waals surface area (Å²) >= 11 is 0. The number of anilines is 2. The number of para-hydroxylation sites is 1. The number of hydrogen-bond donors (Lipinski definition) is 0. The maximum Gasteiger partial charge on any atom is 0.343 e. The topological polar surface area (TPSA) is 94.6 Å². The van der Waals surface area contributed by atoms with Crippen LogP contribution in [0.2, 0.25) is 0 Å². The summed E-state index contributed by atoms with van der Waals surface area (Å²) in [6.45, 7) is 2.36. The van der Waals surface area contributed by atoms with Crippen LogP contribution in [0.1, 0.15) is 28.9 Å². The highest BCUT2D eigenvalue weighted by Gasteiger charge is 2.60. The first kappa shape index (κ1) is 27.9. The molecule has 6 rings (SSSR count). The molecule has 2 saturated heterocycles. The molecule has 0 bridgehead atoms. The zero-order chi connectivity index (χ0) is 30.1. The van der Waals surface area contributed by atoms with Crippen molar-refractivity contribution in [1.82, 2.24) is 0 Å². The molecule has 4 aromatic rings. The van der Waals surface area contributed by atoms with Gasteiger partial charge in [-0.3, -0.25) is 14.4 Å². The summed E-state index contributed by atoms with van der Waals surface area (Å²) in [5.41, 5.74) is 1.84. The number of hydroxylamine groups is 1. The highest BCUT2D eigenvalue weighted by Crippen LogP contribution is 2.48. The number of imide groups is 1. The van der Waals surface area contributed by atoms with E-state index < -0.39 is 41.7 Å². The Morgan fingerprint density at radius 2 is 1.58 bits per heavy atom. The van der Waals surface area contributed by atoms with Gasteiger partial charge in [-0.15, -0.1) is 0 Å². The molecule has 3 atom stereocenters. The lowest BCUT2D eigenvalue weighted by Crippen LogP contribution is -2.37. The fourth-order valence-corrected chi connectivity index (χ4v) is 5.36. The van der Waals surface area contributed by atoms with Crippen LogP contribution in [-0.2, 0) is 14.4 Å². The number of ether oxygens (including phenoxy) is 3. The molecule has 218 valence electrons. The average Bonchev–Trinajstić information content (AvgIpc) is 3.54. The van der Waals surface area contributed by atoms with E-state index in [0.29, 0.717) is 29.3 Å². The number of amides is 2. The van der Waals surface area contributed by atoms with Gasteiger partial charge in [0.25, 0.3) is 5.91 Å². The molecule has 2 heterocycles. The summed E-state index contributed by atoms with van der Waals surface area (Å²) in [5, 5.41) is 1.57. The Morgan fingerprint density at radius 1 is 0.860 bits per heavy atom. The van der Waals surface area contributed by atoms with E-state index >= 15 is 0 Å². The van der Waals surface area contributed by atoms with E-state index in [-0.39, 0.29) is 17.1 Å². The number of carbonyl (C=O) groups is 3. The van der Waals surface area contributed by atoms with E-state index in [2.05, 4.69) is 0 Å². The van der Waals surface area contributed by atoms with Gasteiger partial charge in [0.1, 0.15) is 17.5 Å². The van der Waals surface area contributed by atoms with Crippen LogP contribution in [0.25, 0.3) is 0 Å². The lowest BCUT2D eigenvalue weighted by molar-refractivity contribution is -0.126. The Hall–Kier alpha value is -5.22. The van der Waals surface area contributed by atoms with Crippen molar-refractivity contribution >= 4 is 29.2 Å². The van der Waals surface area contributed by atoms with E-state index in [9.17, 15) is 18.8 Å². The molecule has 0 unspecified atom stereocenters. The van der Waals surface area contributed by atoms with E-state index in [1.807, 2.05) is 37.3 Å². The van der Waals surface area contributed by atoms with Gasteiger partial charge in [-0.2, -0.15) is 0 Å². The van der Waals surface area contributed by atoms with Crippen molar-refractivity contribution in [2.45, 2.75) is 19.1 Å². The number of methoxy groups -OCH3 is 1. The molecule has 0 aliphatic carbocycles. The van der Waals surface area contributed by atoms with Crippen molar-refractivity contribution in [3.63, 3.8) is 0 Å². The summed E-state index contributed by atoms with van der Waals surface area (Å²) in [5.74, 6) is -1.94. The van der Waals surface area contributed by atoms with Gasteiger partial charge < -0.3 is 14.2 Å². The monoisotopic (exact) mass is 582 g/mol. The summed E-state index contributed by atoms with van der Waals surface area (Å²) in [6.07, 6.45) is -1.06. The standard InChI is InChI=1S/C33H27FN2O7/c1-3-41-25-16-14-23(15-17-25)35-31(37)28-29(36(43-30(28)32(35)38)24-7-5-4-6-8-24)21-11-18-26(27(19-21)40-2)42-33(39)20-9-12-22(34)13-10-20/h4-19,28-30H,3H2,1-2H3/t28-,29+,30+/m1/s1. The average molecular weight is 583 g/mol. The smallest absolute Gasteiger partial charge is 0.343 e. The predicted octanol–water partition coefficient (Wildman–Crippen LogP) is 5.50. The zero-order valence-corrected chi connectivity index (χ0v) is 23.3. The zero-order valence-electron chi connectivity index (χ0n) is 23.3. The second kappa shape index (κ2) is 11.6. The second-order valence-corrected chi connectivity index (χ2v) is 9.90. The van der Waals surface area contributed by atoms with Crippen molar-refractivity contribution in [2.75, 3.05) is 23.7 Å². The summed E-state index contributed by atoms with van der Waals surface area (Å²) in [6, 6.07) is 25.1. The van der Waals surface area contributed by atoms with E-state index in [4.69, 9.17) is 19.0 Å². The van der Waals surface area contributed by atoms with Gasteiger partial charge in [0, 0.05) is 0 Å². The Labute approximate surface area is 246 Å². The Morgan fingerprint density at radius 3 is 2.26 bits per heavy atom. The van der Waals surface area contributed by atoms with Crippen LogP contribution in [0.4, 0.5) is 15.8 Å². The van der Waals surface area contributed by atoms with E-state index in [0.717, 1.165) is 4.90 Å². The first-order valence-corrected chi connectivity index (χ1v) is 13.7. The third-order valence-electron chi connectivity index (χ3n) is 7.34. The molecule has 0 radical (unpaired) electrons. The Balaban J connectivity index is 1.34. The Kier molecular flexibility index (Phi) is 7.52. The van der Waals surface area contributed by atoms with E-state index in [1.54, 1.807) is 47.5 Å². The number of fused-ring (bicyclic) bond motifs is 1. The highest BCUT2D eigenvalue weighted by atomic mass is 19.1. The van der Waals surface area contributed by atoms with Gasteiger partial charge in [-0.05, 0) is 85.3 Å². The van der Waals surface area contributed by atoms with Crippen LogP contribution in [0, 0.1) is 11.7 Å². The molecular weight excluding hydrogens is 555 g/mol. The van der Waals surface area contributed by atoms with Gasteiger partial charge >= 0.3 is 5.97 Å². The molecule has 2 aliphatic rings. The first-order chi connectivity index (χ1) is 20.9. The van der Waals surface area contributed by atoms with Crippen LogP contribution in [-0.4, -0.2) is 37.6 Å². The molecule has 0 spiro atoms. The van der Waals surface area contributed by atoms with Crippen LogP contribution in [0.15, 0.2) is 97.1 Å². The molecule has 43 heavy (non-hydrogen) atoms. The molecule has 4 aromatic carbocycles. The molecule has 0 N–H and O–H groups in total. The van der Waals surface area contributed by atoms with Crippen molar-refractivity contribution in [3.05, 3.63) is 114 Å². The largest absolute Gasteiger partial charge is 0.494 e. The summed E-state index contributed by atoms with van der Waals surface area (Å²) < 4.78 is 29.9. The van der Waals surface area contributed by atoms with Gasteiger partial charge in [-0.1, -0.05) is 24.3 Å². The van der Waals surface area contributed by atoms with E-state index in [1.165, 1.54) is 31.4 Å².